The molecule has 2 amide bonds. The van der Waals surface area contributed by atoms with Crippen LogP contribution < -0.4 is 9.62 Å². The number of nitrogens with zero attached hydrogens (tertiary/aromatic N) is 2. The van der Waals surface area contributed by atoms with Gasteiger partial charge in [-0.05, 0) is 74.4 Å². The predicted octanol–water partition coefficient (Wildman–Crippen LogP) is 7.76. The summed E-state index contributed by atoms with van der Waals surface area (Å²) in [6.45, 7) is 4.27. The number of halogens is 5. The molecule has 7 nitrogen and oxygen atoms in total. The molecule has 0 aliphatic rings. The number of nitrogens with one attached hydrogen (secondary N) is 1. The van der Waals surface area contributed by atoms with Gasteiger partial charge in [-0.25, -0.2) is 8.42 Å². The molecule has 4 aromatic rings. The van der Waals surface area contributed by atoms with Gasteiger partial charge in [0.05, 0.1) is 21.2 Å². The van der Waals surface area contributed by atoms with E-state index in [1.807, 2.05) is 0 Å². The normalized spacial score (nSPS) is 12.7. The van der Waals surface area contributed by atoms with E-state index in [4.69, 9.17) is 23.2 Å². The number of anilines is 1. The fourth-order valence-corrected chi connectivity index (χ4v) is 6.71. The third kappa shape index (κ3) is 9.52. The molecule has 0 aliphatic heterocycles. The molecular formula is C35H34Cl2F3N3O4S. The minimum atomic E-state index is -4.91. The minimum Gasteiger partial charge on any atom is -0.350 e. The van der Waals surface area contributed by atoms with Gasteiger partial charge in [-0.2, -0.15) is 13.2 Å². The van der Waals surface area contributed by atoms with E-state index >= 15 is 0 Å². The van der Waals surface area contributed by atoms with Crippen molar-refractivity contribution in [2.45, 2.75) is 56.4 Å². The second-order valence-electron chi connectivity index (χ2n) is 12.1. The van der Waals surface area contributed by atoms with Crippen molar-refractivity contribution in [3.8, 4) is 0 Å². The first kappa shape index (κ1) is 36.8. The van der Waals surface area contributed by atoms with Crippen LogP contribution in [0.25, 0.3) is 0 Å². The van der Waals surface area contributed by atoms with Gasteiger partial charge in [0.25, 0.3) is 10.0 Å². The van der Waals surface area contributed by atoms with Crippen LogP contribution in [0.1, 0.15) is 37.5 Å². The number of carbonyl (C=O) groups is 2. The maximum absolute atomic E-state index is 14.5. The number of benzene rings is 4. The van der Waals surface area contributed by atoms with E-state index in [9.17, 15) is 31.2 Å². The van der Waals surface area contributed by atoms with Gasteiger partial charge < -0.3 is 10.2 Å². The molecule has 4 aromatic carbocycles. The van der Waals surface area contributed by atoms with Crippen molar-refractivity contribution >= 4 is 50.7 Å². The van der Waals surface area contributed by atoms with Crippen molar-refractivity contribution in [1.29, 1.82) is 0 Å². The Bertz CT molecular complexity index is 1840. The first-order valence-electron chi connectivity index (χ1n) is 14.8. The van der Waals surface area contributed by atoms with Crippen molar-refractivity contribution in [1.82, 2.24) is 10.2 Å². The quantitative estimate of drug-likeness (QED) is 0.172. The average Bonchev–Trinajstić information content (AvgIpc) is 3.02. The van der Waals surface area contributed by atoms with Crippen molar-refractivity contribution in [2.75, 3.05) is 10.8 Å². The lowest BCUT2D eigenvalue weighted by atomic mass is 10.0. The van der Waals surface area contributed by atoms with E-state index in [0.29, 0.717) is 21.0 Å². The SMILES string of the molecule is CC(C)(C)NC(=O)[C@H](Cc1ccccc1)N(Cc1ccc(Cl)cc1)C(=O)CN(c1ccc(Cl)c(C(F)(F)F)c1)S(=O)(=O)c1ccccc1. The Hall–Kier alpha value is -4.06. The maximum Gasteiger partial charge on any atom is 0.417 e. The van der Waals surface area contributed by atoms with Crippen LogP contribution in [0.5, 0.6) is 0 Å². The van der Waals surface area contributed by atoms with Gasteiger partial charge in [-0.3, -0.25) is 13.9 Å². The highest BCUT2D eigenvalue weighted by atomic mass is 35.5. The lowest BCUT2D eigenvalue weighted by molar-refractivity contribution is -0.140. The second-order valence-corrected chi connectivity index (χ2v) is 14.8. The molecule has 13 heteroatoms. The van der Waals surface area contributed by atoms with Gasteiger partial charge in [0.2, 0.25) is 11.8 Å². The lowest BCUT2D eigenvalue weighted by Crippen LogP contribution is -2.56. The van der Waals surface area contributed by atoms with Gasteiger partial charge in [0, 0.05) is 23.5 Å². The molecule has 0 bridgehead atoms. The second kappa shape index (κ2) is 15.0. The zero-order valence-electron chi connectivity index (χ0n) is 26.3. The molecule has 0 fully saturated rings. The molecule has 0 aliphatic carbocycles. The Morgan fingerprint density at radius 1 is 0.812 bits per heavy atom. The third-order valence-corrected chi connectivity index (χ3v) is 9.56. The lowest BCUT2D eigenvalue weighted by Gasteiger charge is -2.35. The molecule has 0 heterocycles. The Morgan fingerprint density at radius 2 is 1.40 bits per heavy atom. The van der Waals surface area contributed by atoms with E-state index in [1.54, 1.807) is 81.4 Å². The molecule has 0 radical (unpaired) electrons. The largest absolute Gasteiger partial charge is 0.417 e. The number of carbonyl (C=O) groups excluding carboxylic acids is 2. The summed E-state index contributed by atoms with van der Waals surface area (Å²) in [4.78, 5) is 29.4. The predicted molar refractivity (Wildman–Crippen MR) is 181 cm³/mol. The summed E-state index contributed by atoms with van der Waals surface area (Å²) in [5.41, 5.74) is -1.10. The summed E-state index contributed by atoms with van der Waals surface area (Å²) in [5.74, 6) is -1.34. The third-order valence-electron chi connectivity index (χ3n) is 7.19. The van der Waals surface area contributed by atoms with E-state index in [-0.39, 0.29) is 17.9 Å². The van der Waals surface area contributed by atoms with Crippen LogP contribution in [0.3, 0.4) is 0 Å². The number of sulfonamides is 1. The van der Waals surface area contributed by atoms with Crippen LogP contribution in [0, 0.1) is 0 Å². The highest BCUT2D eigenvalue weighted by Crippen LogP contribution is 2.38. The summed E-state index contributed by atoms with van der Waals surface area (Å²) < 4.78 is 70.5. The molecule has 4 rings (SSSR count). The minimum absolute atomic E-state index is 0.0622. The van der Waals surface area contributed by atoms with Crippen LogP contribution >= 0.6 is 23.2 Å². The van der Waals surface area contributed by atoms with Crippen molar-refractivity contribution < 1.29 is 31.2 Å². The molecule has 254 valence electrons. The van der Waals surface area contributed by atoms with Crippen LogP contribution in [0.15, 0.2) is 108 Å². The number of amides is 2. The standard InChI is InChI=1S/C35H34Cl2F3N3O4S/c1-34(2,3)41-33(45)31(20-24-10-6-4-7-11-24)42(22-25-14-16-26(36)17-15-25)32(44)23-43(48(46,47)28-12-8-5-9-13-28)27-18-19-30(37)29(21-27)35(38,39)40/h4-19,21,31H,20,22-23H2,1-3H3,(H,41,45)/t31-/m0/s1. The molecule has 0 unspecified atom stereocenters. The van der Waals surface area contributed by atoms with Gasteiger partial charge in [-0.1, -0.05) is 83.9 Å². The number of hydrogen-bond acceptors (Lipinski definition) is 4. The number of rotatable bonds is 11. The highest BCUT2D eigenvalue weighted by Gasteiger charge is 2.38. The van der Waals surface area contributed by atoms with Crippen molar-refractivity contribution in [2.24, 2.45) is 0 Å². The average molecular weight is 721 g/mol. The Labute approximate surface area is 288 Å². The van der Waals surface area contributed by atoms with E-state index in [0.717, 1.165) is 17.7 Å². The summed E-state index contributed by atoms with van der Waals surface area (Å²) >= 11 is 12.0. The Morgan fingerprint density at radius 3 is 1.96 bits per heavy atom. The first-order valence-corrected chi connectivity index (χ1v) is 17.0. The molecule has 0 spiro atoms. The summed E-state index contributed by atoms with van der Waals surface area (Å²) in [7, 11) is -4.61. The Kier molecular flexibility index (Phi) is 11.5. The molecule has 0 aromatic heterocycles. The molecule has 0 saturated carbocycles. The zero-order valence-corrected chi connectivity index (χ0v) is 28.7. The fraction of sp³-hybridized carbons (Fsp3) is 0.257. The summed E-state index contributed by atoms with van der Waals surface area (Å²) in [6, 6.07) is 24.0. The number of hydrogen-bond donors (Lipinski definition) is 1. The maximum atomic E-state index is 14.5. The fourth-order valence-electron chi connectivity index (χ4n) is 4.93. The Balaban J connectivity index is 1.87. The smallest absolute Gasteiger partial charge is 0.350 e. The van der Waals surface area contributed by atoms with Gasteiger partial charge in [0.1, 0.15) is 12.6 Å². The molecule has 1 N–H and O–H groups in total. The monoisotopic (exact) mass is 719 g/mol. The van der Waals surface area contributed by atoms with E-state index < -0.39 is 62.4 Å². The summed E-state index contributed by atoms with van der Waals surface area (Å²) in [5, 5.41) is 2.71. The van der Waals surface area contributed by atoms with Crippen LogP contribution in [-0.2, 0) is 38.8 Å². The van der Waals surface area contributed by atoms with Gasteiger partial charge in [-0.15, -0.1) is 0 Å². The molecule has 48 heavy (non-hydrogen) atoms. The van der Waals surface area contributed by atoms with Crippen molar-refractivity contribution in [3.63, 3.8) is 0 Å². The van der Waals surface area contributed by atoms with Crippen molar-refractivity contribution in [3.05, 3.63) is 130 Å². The van der Waals surface area contributed by atoms with E-state index in [2.05, 4.69) is 5.32 Å². The molecule has 1 atom stereocenters. The topological polar surface area (TPSA) is 86.8 Å². The summed E-state index contributed by atoms with van der Waals surface area (Å²) in [6.07, 6.45) is -4.85. The molecule has 0 saturated heterocycles. The van der Waals surface area contributed by atoms with Crippen LogP contribution in [0.4, 0.5) is 18.9 Å². The van der Waals surface area contributed by atoms with E-state index in [1.165, 1.54) is 29.2 Å². The highest BCUT2D eigenvalue weighted by molar-refractivity contribution is 7.92. The molecular weight excluding hydrogens is 686 g/mol. The van der Waals surface area contributed by atoms with Gasteiger partial charge in [0.15, 0.2) is 0 Å². The van der Waals surface area contributed by atoms with Crippen LogP contribution in [0.2, 0.25) is 10.0 Å². The first-order chi connectivity index (χ1) is 22.5. The zero-order chi connectivity index (χ0) is 35.3. The van der Waals surface area contributed by atoms with Gasteiger partial charge >= 0.3 is 6.18 Å². The number of alkyl halides is 3. The van der Waals surface area contributed by atoms with Crippen LogP contribution in [-0.4, -0.2) is 43.3 Å².